The number of rotatable bonds is 3. The van der Waals surface area contributed by atoms with E-state index in [2.05, 4.69) is 26.0 Å². The van der Waals surface area contributed by atoms with Gasteiger partial charge in [0.05, 0.1) is 11.6 Å². The number of carbonyl (C=O) groups excluding carboxylic acids is 2. The molecule has 120 valence electrons. The van der Waals surface area contributed by atoms with Gasteiger partial charge in [0.2, 0.25) is 0 Å². The summed E-state index contributed by atoms with van der Waals surface area (Å²) in [5, 5.41) is 2.30. The average molecular weight is 374 g/mol. The van der Waals surface area contributed by atoms with Crippen LogP contribution < -0.4 is 5.32 Å². The van der Waals surface area contributed by atoms with Crippen molar-refractivity contribution in [2.75, 3.05) is 7.11 Å². The van der Waals surface area contributed by atoms with Crippen molar-refractivity contribution in [1.29, 1.82) is 0 Å². The minimum atomic E-state index is -0.804. The van der Waals surface area contributed by atoms with Crippen LogP contribution >= 0.6 is 15.9 Å². The molecule has 1 rings (SSSR count). The van der Waals surface area contributed by atoms with Crippen LogP contribution in [0.25, 0.3) is 6.08 Å². The number of carbonyl (C=O) groups is 2. The predicted molar refractivity (Wildman–Crippen MR) is 83.5 cm³/mol. The van der Waals surface area contributed by atoms with Crippen molar-refractivity contribution in [3.05, 3.63) is 39.7 Å². The zero-order valence-corrected chi connectivity index (χ0v) is 14.3. The van der Waals surface area contributed by atoms with Crippen LogP contribution in [-0.2, 0) is 14.3 Å². The van der Waals surface area contributed by atoms with Gasteiger partial charge in [-0.25, -0.2) is 14.0 Å². The van der Waals surface area contributed by atoms with Crippen molar-refractivity contribution < 1.29 is 23.5 Å². The highest BCUT2D eigenvalue weighted by Gasteiger charge is 2.20. The fourth-order valence-electron chi connectivity index (χ4n) is 1.44. The Hall–Kier alpha value is -1.89. The lowest BCUT2D eigenvalue weighted by atomic mass is 10.2. The van der Waals surface area contributed by atoms with E-state index in [9.17, 15) is 14.0 Å². The Morgan fingerprint density at radius 1 is 1.32 bits per heavy atom. The lowest BCUT2D eigenvalue weighted by Gasteiger charge is -2.20. The van der Waals surface area contributed by atoms with E-state index in [1.165, 1.54) is 25.3 Å². The topological polar surface area (TPSA) is 64.6 Å². The molecule has 0 aromatic heterocycles. The molecule has 0 aliphatic heterocycles. The number of halogens is 2. The summed E-state index contributed by atoms with van der Waals surface area (Å²) in [7, 11) is 1.18. The first-order valence-corrected chi connectivity index (χ1v) is 7.17. The second-order valence-electron chi connectivity index (χ2n) is 5.35. The third-order valence-corrected chi connectivity index (χ3v) is 2.94. The summed E-state index contributed by atoms with van der Waals surface area (Å²) in [5.41, 5.74) is -0.481. The van der Waals surface area contributed by atoms with Crippen molar-refractivity contribution in [2.45, 2.75) is 26.4 Å². The highest BCUT2D eigenvalue weighted by molar-refractivity contribution is 9.10. The Morgan fingerprint density at radius 2 is 1.95 bits per heavy atom. The largest absolute Gasteiger partial charge is 0.464 e. The summed E-state index contributed by atoms with van der Waals surface area (Å²) < 4.78 is 23.4. The summed E-state index contributed by atoms with van der Waals surface area (Å²) in [4.78, 5) is 23.4. The minimum absolute atomic E-state index is 0.154. The summed E-state index contributed by atoms with van der Waals surface area (Å²) in [6.07, 6.45) is 0.493. The van der Waals surface area contributed by atoms with Gasteiger partial charge in [0.25, 0.3) is 0 Å². The predicted octanol–water partition coefficient (Wildman–Crippen LogP) is 3.63. The molecule has 1 aromatic rings. The summed E-state index contributed by atoms with van der Waals surface area (Å²) in [5.74, 6) is -1.26. The van der Waals surface area contributed by atoms with Crippen molar-refractivity contribution in [3.63, 3.8) is 0 Å². The van der Waals surface area contributed by atoms with E-state index in [1.54, 1.807) is 26.8 Å². The number of hydrogen-bond acceptors (Lipinski definition) is 4. The Kier molecular flexibility index (Phi) is 6.11. The molecule has 0 fully saturated rings. The second-order valence-corrected chi connectivity index (χ2v) is 6.20. The molecule has 5 nitrogen and oxygen atoms in total. The van der Waals surface area contributed by atoms with E-state index >= 15 is 0 Å². The van der Waals surface area contributed by atoms with Gasteiger partial charge < -0.3 is 9.47 Å². The molecule has 1 amide bonds. The van der Waals surface area contributed by atoms with Gasteiger partial charge in [-0.15, -0.1) is 0 Å². The molecule has 1 aromatic carbocycles. The third-order valence-electron chi connectivity index (χ3n) is 2.30. The lowest BCUT2D eigenvalue weighted by molar-refractivity contribution is -0.136. The summed E-state index contributed by atoms with van der Waals surface area (Å²) in [6.45, 7) is 5.08. The van der Waals surface area contributed by atoms with E-state index in [1.807, 2.05) is 0 Å². The fourth-order valence-corrected chi connectivity index (χ4v) is 1.69. The molecular weight excluding hydrogens is 357 g/mol. The van der Waals surface area contributed by atoms with Gasteiger partial charge in [0.1, 0.15) is 17.1 Å². The molecule has 0 aliphatic carbocycles. The van der Waals surface area contributed by atoms with Crippen molar-refractivity contribution in [1.82, 2.24) is 5.32 Å². The Balaban J connectivity index is 3.02. The van der Waals surface area contributed by atoms with Crippen LogP contribution in [0.3, 0.4) is 0 Å². The first-order valence-electron chi connectivity index (χ1n) is 6.37. The van der Waals surface area contributed by atoms with E-state index in [0.717, 1.165) is 0 Å². The Morgan fingerprint density at radius 3 is 2.45 bits per heavy atom. The number of esters is 1. The monoisotopic (exact) mass is 373 g/mol. The number of amides is 1. The first kappa shape index (κ1) is 18.2. The van der Waals surface area contributed by atoms with E-state index in [0.29, 0.717) is 10.0 Å². The average Bonchev–Trinajstić information content (AvgIpc) is 2.39. The van der Waals surface area contributed by atoms with Crippen molar-refractivity contribution in [3.8, 4) is 0 Å². The molecule has 0 unspecified atom stereocenters. The van der Waals surface area contributed by atoms with Crippen LogP contribution in [-0.4, -0.2) is 24.8 Å². The van der Waals surface area contributed by atoms with Crippen LogP contribution in [0.1, 0.15) is 26.3 Å². The van der Waals surface area contributed by atoms with Gasteiger partial charge >= 0.3 is 12.1 Å². The zero-order chi connectivity index (χ0) is 16.9. The molecular formula is C15H17BrFNO4. The molecule has 0 bridgehead atoms. The zero-order valence-electron chi connectivity index (χ0n) is 12.7. The van der Waals surface area contributed by atoms with Crippen molar-refractivity contribution >= 4 is 34.1 Å². The molecule has 0 aliphatic rings. The van der Waals surface area contributed by atoms with Gasteiger partial charge in [-0.1, -0.05) is 6.07 Å². The second kappa shape index (κ2) is 7.40. The number of benzene rings is 1. The lowest BCUT2D eigenvalue weighted by Crippen LogP contribution is -2.34. The maximum absolute atomic E-state index is 13.5. The van der Waals surface area contributed by atoms with E-state index in [4.69, 9.17) is 4.74 Å². The van der Waals surface area contributed by atoms with Crippen molar-refractivity contribution in [2.24, 2.45) is 0 Å². The molecule has 22 heavy (non-hydrogen) atoms. The van der Waals surface area contributed by atoms with Crippen LogP contribution in [0.15, 0.2) is 28.4 Å². The molecule has 0 radical (unpaired) electrons. The quantitative estimate of drug-likeness (QED) is 0.648. The minimum Gasteiger partial charge on any atom is -0.464 e. The molecule has 1 N–H and O–H groups in total. The maximum atomic E-state index is 13.5. The van der Waals surface area contributed by atoms with E-state index in [-0.39, 0.29) is 5.70 Å². The standard InChI is InChI=1S/C15H17BrFNO4/c1-15(2,3)22-14(20)18-12(13(19)21-4)8-9-5-6-10(16)11(17)7-9/h5-8H,1-4H3,(H,18,20)/b12-8-. The van der Waals surface area contributed by atoms with Gasteiger partial charge in [-0.2, -0.15) is 0 Å². The number of nitrogens with one attached hydrogen (secondary N) is 1. The smallest absolute Gasteiger partial charge is 0.412 e. The first-order chi connectivity index (χ1) is 10.1. The highest BCUT2D eigenvalue weighted by atomic mass is 79.9. The van der Waals surface area contributed by atoms with Crippen LogP contribution in [0.5, 0.6) is 0 Å². The van der Waals surface area contributed by atoms with Gasteiger partial charge in [-0.3, -0.25) is 5.32 Å². The molecule has 0 heterocycles. The fraction of sp³-hybridized carbons (Fsp3) is 0.333. The molecule has 7 heteroatoms. The van der Waals surface area contributed by atoms with Gasteiger partial charge in [0.15, 0.2) is 0 Å². The third kappa shape index (κ3) is 5.85. The van der Waals surface area contributed by atoms with Crippen LogP contribution in [0.4, 0.5) is 9.18 Å². The summed E-state index contributed by atoms with van der Waals surface area (Å²) >= 11 is 3.03. The van der Waals surface area contributed by atoms with Crippen LogP contribution in [0.2, 0.25) is 0 Å². The Bertz CT molecular complexity index is 608. The normalized spacial score (nSPS) is 11.8. The molecule has 0 spiro atoms. The maximum Gasteiger partial charge on any atom is 0.412 e. The number of ether oxygens (including phenoxy) is 2. The molecule has 0 saturated carbocycles. The SMILES string of the molecule is COC(=O)/C(=C/c1ccc(Br)c(F)c1)NC(=O)OC(C)(C)C. The van der Waals surface area contributed by atoms with E-state index < -0.39 is 23.5 Å². The number of methoxy groups -OCH3 is 1. The van der Waals surface area contributed by atoms with Crippen LogP contribution in [0, 0.1) is 5.82 Å². The highest BCUT2D eigenvalue weighted by Crippen LogP contribution is 2.18. The number of alkyl carbamates (subject to hydrolysis) is 1. The number of hydrogen-bond donors (Lipinski definition) is 1. The summed E-state index contributed by atoms with van der Waals surface area (Å²) in [6, 6.07) is 4.28. The molecule has 0 atom stereocenters. The van der Waals surface area contributed by atoms with Gasteiger partial charge in [0, 0.05) is 0 Å². The van der Waals surface area contributed by atoms with Gasteiger partial charge in [-0.05, 0) is 60.5 Å². The Labute approximate surface area is 136 Å². The molecule has 0 saturated heterocycles.